The quantitative estimate of drug-likeness (QED) is 0.842. The highest BCUT2D eigenvalue weighted by molar-refractivity contribution is 5.95. The lowest BCUT2D eigenvalue weighted by Crippen LogP contribution is -2.30. The van der Waals surface area contributed by atoms with E-state index in [1.165, 1.54) is 5.56 Å². The number of carbonyl (C=O) groups excluding carboxylic acids is 1. The van der Waals surface area contributed by atoms with Crippen LogP contribution in [0.1, 0.15) is 48.1 Å². The summed E-state index contributed by atoms with van der Waals surface area (Å²) < 4.78 is 0. The zero-order valence-corrected chi connectivity index (χ0v) is 14.6. The van der Waals surface area contributed by atoms with Crippen LogP contribution in [-0.4, -0.2) is 29.6 Å². The summed E-state index contributed by atoms with van der Waals surface area (Å²) in [6.45, 7) is 3.80. The molecule has 0 aromatic heterocycles. The second-order valence-electron chi connectivity index (χ2n) is 6.82. The standard InChI is InChI=1S/C21H23N3O/c1-16-13-15-24(22-16)19-11-9-18(10-12-19)21(25)23-14-5-8-20(23)17-6-3-2-4-7-17/h2-4,6-7,9-12,20H,5,8,13-15H2,1H3/t20-/m0/s1. The molecule has 4 rings (SSSR count). The smallest absolute Gasteiger partial charge is 0.254 e. The highest BCUT2D eigenvalue weighted by Gasteiger charge is 2.30. The van der Waals surface area contributed by atoms with Gasteiger partial charge in [0, 0.05) is 30.8 Å². The van der Waals surface area contributed by atoms with Crippen LogP contribution in [0.25, 0.3) is 0 Å². The minimum atomic E-state index is 0.124. The minimum Gasteiger partial charge on any atom is -0.332 e. The van der Waals surface area contributed by atoms with Gasteiger partial charge in [0.1, 0.15) is 0 Å². The van der Waals surface area contributed by atoms with Crippen molar-refractivity contribution in [2.45, 2.75) is 32.2 Å². The lowest BCUT2D eigenvalue weighted by atomic mass is 10.0. The fourth-order valence-corrected chi connectivity index (χ4v) is 3.73. The summed E-state index contributed by atoms with van der Waals surface area (Å²) in [5.74, 6) is 0.124. The number of likely N-dealkylation sites (tertiary alicyclic amines) is 1. The average Bonchev–Trinajstić information content (AvgIpc) is 3.31. The summed E-state index contributed by atoms with van der Waals surface area (Å²) in [4.78, 5) is 15.0. The van der Waals surface area contributed by atoms with E-state index in [-0.39, 0.29) is 11.9 Å². The molecule has 0 spiro atoms. The molecule has 25 heavy (non-hydrogen) atoms. The third-order valence-corrected chi connectivity index (χ3v) is 5.09. The van der Waals surface area contributed by atoms with E-state index in [1.807, 2.05) is 52.4 Å². The zero-order valence-electron chi connectivity index (χ0n) is 14.6. The van der Waals surface area contributed by atoms with Crippen molar-refractivity contribution in [1.29, 1.82) is 0 Å². The zero-order chi connectivity index (χ0) is 17.2. The van der Waals surface area contributed by atoms with Crippen LogP contribution in [0.3, 0.4) is 0 Å². The summed E-state index contributed by atoms with van der Waals surface area (Å²) >= 11 is 0. The molecule has 1 atom stereocenters. The van der Waals surface area contributed by atoms with Gasteiger partial charge in [-0.2, -0.15) is 5.10 Å². The molecular weight excluding hydrogens is 310 g/mol. The van der Waals surface area contributed by atoms with Crippen molar-refractivity contribution >= 4 is 17.3 Å². The lowest BCUT2D eigenvalue weighted by molar-refractivity contribution is 0.0735. The van der Waals surface area contributed by atoms with Crippen LogP contribution in [0.5, 0.6) is 0 Å². The Morgan fingerprint density at radius 2 is 1.80 bits per heavy atom. The molecule has 2 aromatic rings. The molecule has 2 heterocycles. The van der Waals surface area contributed by atoms with E-state index < -0.39 is 0 Å². The molecule has 4 heteroatoms. The summed E-state index contributed by atoms with van der Waals surface area (Å²) in [7, 11) is 0. The Hall–Kier alpha value is -2.62. The molecule has 2 aliphatic heterocycles. The third kappa shape index (κ3) is 3.16. The molecule has 0 unspecified atom stereocenters. The number of amides is 1. The monoisotopic (exact) mass is 333 g/mol. The number of benzene rings is 2. The number of rotatable bonds is 3. The van der Waals surface area contributed by atoms with Crippen molar-refractivity contribution in [2.24, 2.45) is 5.10 Å². The van der Waals surface area contributed by atoms with E-state index in [1.54, 1.807) is 0 Å². The number of anilines is 1. The predicted octanol–water partition coefficient (Wildman–Crippen LogP) is 4.25. The molecule has 1 fully saturated rings. The second-order valence-corrected chi connectivity index (χ2v) is 6.82. The van der Waals surface area contributed by atoms with Crippen molar-refractivity contribution in [2.75, 3.05) is 18.1 Å². The Morgan fingerprint density at radius 1 is 1.04 bits per heavy atom. The van der Waals surface area contributed by atoms with Gasteiger partial charge < -0.3 is 4.90 Å². The summed E-state index contributed by atoms with van der Waals surface area (Å²) in [6, 6.07) is 18.4. The summed E-state index contributed by atoms with van der Waals surface area (Å²) in [6.07, 6.45) is 3.11. The Morgan fingerprint density at radius 3 is 2.48 bits per heavy atom. The fraction of sp³-hybridized carbons (Fsp3) is 0.333. The van der Waals surface area contributed by atoms with Gasteiger partial charge in [0.15, 0.2) is 0 Å². The van der Waals surface area contributed by atoms with Crippen molar-refractivity contribution in [3.05, 3.63) is 65.7 Å². The molecule has 128 valence electrons. The van der Waals surface area contributed by atoms with Crippen molar-refractivity contribution in [3.63, 3.8) is 0 Å². The molecule has 0 aliphatic carbocycles. The highest BCUT2D eigenvalue weighted by atomic mass is 16.2. The SMILES string of the molecule is CC1=NN(c2ccc(C(=O)N3CCC[C@H]3c3ccccc3)cc2)CC1. The maximum atomic E-state index is 13.0. The lowest BCUT2D eigenvalue weighted by Gasteiger charge is -2.25. The van der Waals surface area contributed by atoms with Gasteiger partial charge in [-0.05, 0) is 49.6 Å². The van der Waals surface area contributed by atoms with Gasteiger partial charge in [0.25, 0.3) is 5.91 Å². The van der Waals surface area contributed by atoms with Crippen LogP contribution in [0.2, 0.25) is 0 Å². The maximum absolute atomic E-state index is 13.0. The van der Waals surface area contributed by atoms with Gasteiger partial charge in [-0.15, -0.1) is 0 Å². The van der Waals surface area contributed by atoms with E-state index in [4.69, 9.17) is 0 Å². The summed E-state index contributed by atoms with van der Waals surface area (Å²) in [5, 5.41) is 6.52. The largest absolute Gasteiger partial charge is 0.332 e. The topological polar surface area (TPSA) is 35.9 Å². The first kappa shape index (κ1) is 15.9. The van der Waals surface area contributed by atoms with Crippen LogP contribution in [0, 0.1) is 0 Å². The first-order chi connectivity index (χ1) is 12.2. The van der Waals surface area contributed by atoms with E-state index in [0.717, 1.165) is 49.3 Å². The molecule has 2 aliphatic rings. The van der Waals surface area contributed by atoms with E-state index in [0.29, 0.717) is 0 Å². The molecular formula is C21H23N3O. The van der Waals surface area contributed by atoms with E-state index >= 15 is 0 Å². The van der Waals surface area contributed by atoms with Crippen LogP contribution in [0.15, 0.2) is 59.7 Å². The van der Waals surface area contributed by atoms with Crippen molar-refractivity contribution in [1.82, 2.24) is 4.90 Å². The molecule has 4 nitrogen and oxygen atoms in total. The van der Waals surface area contributed by atoms with E-state index in [2.05, 4.69) is 24.2 Å². The van der Waals surface area contributed by atoms with Gasteiger partial charge >= 0.3 is 0 Å². The van der Waals surface area contributed by atoms with Crippen molar-refractivity contribution < 1.29 is 4.79 Å². The first-order valence-electron chi connectivity index (χ1n) is 9.00. The Kier molecular flexibility index (Phi) is 4.26. The van der Waals surface area contributed by atoms with Crippen LogP contribution in [0.4, 0.5) is 5.69 Å². The van der Waals surface area contributed by atoms with Gasteiger partial charge in [-0.25, -0.2) is 0 Å². The third-order valence-electron chi connectivity index (χ3n) is 5.09. The highest BCUT2D eigenvalue weighted by Crippen LogP contribution is 2.33. The average molecular weight is 333 g/mol. The van der Waals surface area contributed by atoms with Gasteiger partial charge in [-0.1, -0.05) is 30.3 Å². The Bertz CT molecular complexity index is 783. The number of hydrogen-bond donors (Lipinski definition) is 0. The minimum absolute atomic E-state index is 0.124. The predicted molar refractivity (Wildman–Crippen MR) is 101 cm³/mol. The second kappa shape index (κ2) is 6.71. The van der Waals surface area contributed by atoms with Crippen molar-refractivity contribution in [3.8, 4) is 0 Å². The van der Waals surface area contributed by atoms with Gasteiger partial charge in [-0.3, -0.25) is 9.80 Å². The molecule has 2 aromatic carbocycles. The van der Waals surface area contributed by atoms with Crippen LogP contribution < -0.4 is 5.01 Å². The molecule has 0 radical (unpaired) electrons. The molecule has 0 saturated carbocycles. The van der Waals surface area contributed by atoms with Crippen LogP contribution >= 0.6 is 0 Å². The normalized spacial score (nSPS) is 20.0. The Balaban J connectivity index is 1.52. The summed E-state index contributed by atoms with van der Waals surface area (Å²) in [5.41, 5.74) is 4.19. The molecule has 1 saturated heterocycles. The molecule has 1 amide bonds. The number of hydrogen-bond acceptors (Lipinski definition) is 3. The van der Waals surface area contributed by atoms with Gasteiger partial charge in [0.2, 0.25) is 0 Å². The number of nitrogens with zero attached hydrogens (tertiary/aromatic N) is 3. The maximum Gasteiger partial charge on any atom is 0.254 e. The molecule has 0 bridgehead atoms. The number of hydrazone groups is 1. The Labute approximate surface area is 148 Å². The number of carbonyl (C=O) groups is 1. The van der Waals surface area contributed by atoms with E-state index in [9.17, 15) is 4.79 Å². The fourth-order valence-electron chi connectivity index (χ4n) is 3.73. The molecule has 0 N–H and O–H groups in total. The van der Waals surface area contributed by atoms with Gasteiger partial charge in [0.05, 0.1) is 11.7 Å². The van der Waals surface area contributed by atoms with Crippen LogP contribution in [-0.2, 0) is 0 Å². The first-order valence-corrected chi connectivity index (χ1v) is 9.00.